The van der Waals surface area contributed by atoms with Crippen molar-refractivity contribution in [2.75, 3.05) is 6.54 Å². The molecule has 8 aliphatic carbocycles. The summed E-state index contributed by atoms with van der Waals surface area (Å²) in [5.41, 5.74) is 1.12. The zero-order valence-corrected chi connectivity index (χ0v) is 35.3. The zero-order chi connectivity index (χ0) is 38.4. The van der Waals surface area contributed by atoms with Gasteiger partial charge in [-0.2, -0.15) is 0 Å². The van der Waals surface area contributed by atoms with E-state index in [4.69, 9.17) is 0 Å². The lowest BCUT2D eigenvalue weighted by atomic mass is 9.43. The van der Waals surface area contributed by atoms with Crippen molar-refractivity contribution < 1.29 is 25.2 Å². The predicted molar refractivity (Wildman–Crippen MR) is 215 cm³/mol. The molecule has 0 bridgehead atoms. The summed E-state index contributed by atoms with van der Waals surface area (Å²) < 4.78 is 0. The predicted octanol–water partition coefficient (Wildman–Crippen LogP) is 8.92. The van der Waals surface area contributed by atoms with E-state index in [1.807, 2.05) is 0 Å². The molecule has 5 N–H and O–H groups in total. The van der Waals surface area contributed by atoms with Gasteiger partial charge in [0, 0.05) is 13.0 Å². The van der Waals surface area contributed by atoms with Crippen LogP contribution in [0.15, 0.2) is 0 Å². The summed E-state index contributed by atoms with van der Waals surface area (Å²) in [6.45, 7) is 15.8. The number of fused-ring (bicyclic) bond motifs is 10. The van der Waals surface area contributed by atoms with Crippen molar-refractivity contribution in [1.29, 1.82) is 0 Å². The third kappa shape index (κ3) is 6.50. The normalized spacial score (nSPS) is 53.5. The first kappa shape index (κ1) is 40.1. The number of nitrogens with one attached hydrogen (secondary N) is 1. The van der Waals surface area contributed by atoms with Gasteiger partial charge in [-0.1, -0.05) is 41.5 Å². The molecule has 6 nitrogen and oxygen atoms in total. The highest BCUT2D eigenvalue weighted by Gasteiger charge is 2.64. The van der Waals surface area contributed by atoms with Crippen LogP contribution in [0.4, 0.5) is 0 Å². The van der Waals surface area contributed by atoms with E-state index in [2.05, 4.69) is 46.9 Å². The molecule has 0 aromatic heterocycles. The van der Waals surface area contributed by atoms with E-state index < -0.39 is 0 Å². The van der Waals surface area contributed by atoms with Crippen molar-refractivity contribution in [2.24, 2.45) is 92.7 Å². The number of aliphatic hydroxyl groups is 4. The van der Waals surface area contributed by atoms with Gasteiger partial charge in [0.05, 0.1) is 24.4 Å². The van der Waals surface area contributed by atoms with Crippen molar-refractivity contribution in [3.05, 3.63) is 0 Å². The second kappa shape index (κ2) is 14.8. The van der Waals surface area contributed by atoms with Gasteiger partial charge in [-0.05, 0) is 215 Å². The van der Waals surface area contributed by atoms with Crippen LogP contribution in [-0.2, 0) is 4.79 Å². The first-order valence-electron chi connectivity index (χ1n) is 23.6. The molecule has 0 saturated heterocycles. The SMILES string of the molecule is C[C@H](CCCNC(=O)CC[C@@H](C)[C@H]1CCC2[C@@H]3[C@@H](O)CC4C[C@H](O)CC[C@]4(C)[C@H]3CC[C@@]21C)[C@H]1CCC2[C@@H]3[C@@H](O)CC4C[C@H](O)CC[C@]4(C)[C@H]3CC[C@@]21C. The average Bonchev–Trinajstić information content (AvgIpc) is 3.67. The molecule has 6 heteroatoms. The number of carbonyl (C=O) groups excluding carboxylic acids is 1. The van der Waals surface area contributed by atoms with Gasteiger partial charge in [-0.3, -0.25) is 4.79 Å². The van der Waals surface area contributed by atoms with Gasteiger partial charge in [-0.25, -0.2) is 0 Å². The molecular formula is C48H81NO5. The number of amides is 1. The van der Waals surface area contributed by atoms with E-state index in [1.54, 1.807) is 0 Å². The van der Waals surface area contributed by atoms with Crippen molar-refractivity contribution in [2.45, 2.75) is 194 Å². The summed E-state index contributed by atoms with van der Waals surface area (Å²) >= 11 is 0. The molecule has 20 atom stereocenters. The lowest BCUT2D eigenvalue weighted by Gasteiger charge is -2.62. The number of hydrogen-bond acceptors (Lipinski definition) is 5. The van der Waals surface area contributed by atoms with Crippen LogP contribution in [0.5, 0.6) is 0 Å². The Morgan fingerprint density at radius 1 is 0.574 bits per heavy atom. The second-order valence-electron chi connectivity index (χ2n) is 22.9. The Balaban J connectivity index is 0.791. The molecule has 0 spiro atoms. The number of aliphatic hydroxyl groups excluding tert-OH is 4. The molecule has 1 amide bonds. The summed E-state index contributed by atoms with van der Waals surface area (Å²) in [4.78, 5) is 13.2. The molecule has 8 aliphatic rings. The van der Waals surface area contributed by atoms with Crippen LogP contribution in [0.3, 0.4) is 0 Å². The Bertz CT molecular complexity index is 1360. The fraction of sp³-hybridized carbons (Fsp3) is 0.979. The first-order chi connectivity index (χ1) is 25.6. The highest BCUT2D eigenvalue weighted by atomic mass is 16.3. The zero-order valence-electron chi connectivity index (χ0n) is 35.3. The van der Waals surface area contributed by atoms with E-state index in [1.165, 1.54) is 51.4 Å². The van der Waals surface area contributed by atoms with Gasteiger partial charge in [0.15, 0.2) is 0 Å². The summed E-state index contributed by atoms with van der Waals surface area (Å²) in [6.07, 6.45) is 20.6. The maximum Gasteiger partial charge on any atom is 0.220 e. The minimum atomic E-state index is -0.229. The number of hydrogen-bond donors (Lipinski definition) is 5. The maximum atomic E-state index is 13.2. The monoisotopic (exact) mass is 752 g/mol. The largest absolute Gasteiger partial charge is 0.393 e. The molecule has 308 valence electrons. The van der Waals surface area contributed by atoms with Gasteiger partial charge in [0.2, 0.25) is 5.91 Å². The lowest BCUT2D eigenvalue weighted by Crippen LogP contribution is -2.58. The fourth-order valence-corrected chi connectivity index (χ4v) is 17.9. The van der Waals surface area contributed by atoms with Crippen LogP contribution in [-0.4, -0.2) is 57.3 Å². The molecule has 54 heavy (non-hydrogen) atoms. The van der Waals surface area contributed by atoms with E-state index in [0.717, 1.165) is 77.2 Å². The molecule has 0 aromatic carbocycles. The Hall–Kier alpha value is -0.690. The summed E-state index contributed by atoms with van der Waals surface area (Å²) in [5, 5.41) is 47.4. The van der Waals surface area contributed by atoms with Gasteiger partial charge < -0.3 is 25.7 Å². The lowest BCUT2D eigenvalue weighted by molar-refractivity contribution is -0.174. The smallest absolute Gasteiger partial charge is 0.220 e. The van der Waals surface area contributed by atoms with Crippen LogP contribution in [0.2, 0.25) is 0 Å². The molecule has 0 aromatic rings. The number of rotatable bonds is 9. The molecule has 8 saturated carbocycles. The topological polar surface area (TPSA) is 110 Å². The highest BCUT2D eigenvalue weighted by molar-refractivity contribution is 5.75. The summed E-state index contributed by atoms with van der Waals surface area (Å²) in [5.74, 6) is 6.85. The van der Waals surface area contributed by atoms with Crippen LogP contribution in [0.25, 0.3) is 0 Å². The van der Waals surface area contributed by atoms with E-state index in [9.17, 15) is 25.2 Å². The maximum absolute atomic E-state index is 13.2. The van der Waals surface area contributed by atoms with Crippen LogP contribution in [0, 0.1) is 92.7 Å². The Morgan fingerprint density at radius 2 is 1.00 bits per heavy atom. The molecule has 8 fully saturated rings. The number of carbonyl (C=O) groups is 1. The third-order valence-electron chi connectivity index (χ3n) is 20.8. The Labute approximate surface area is 329 Å². The fourth-order valence-electron chi connectivity index (χ4n) is 17.9. The summed E-state index contributed by atoms with van der Waals surface area (Å²) in [6, 6.07) is 0. The Kier molecular flexibility index (Phi) is 11.0. The van der Waals surface area contributed by atoms with Gasteiger partial charge >= 0.3 is 0 Å². The minimum Gasteiger partial charge on any atom is -0.393 e. The molecule has 0 heterocycles. The molecule has 4 unspecified atom stereocenters. The van der Waals surface area contributed by atoms with E-state index in [-0.39, 0.29) is 46.6 Å². The van der Waals surface area contributed by atoms with Gasteiger partial charge in [0.25, 0.3) is 0 Å². The van der Waals surface area contributed by atoms with E-state index >= 15 is 0 Å². The van der Waals surface area contributed by atoms with Crippen LogP contribution >= 0.6 is 0 Å². The average molecular weight is 752 g/mol. The van der Waals surface area contributed by atoms with Crippen molar-refractivity contribution in [3.8, 4) is 0 Å². The summed E-state index contributed by atoms with van der Waals surface area (Å²) in [7, 11) is 0. The van der Waals surface area contributed by atoms with Crippen molar-refractivity contribution in [3.63, 3.8) is 0 Å². The van der Waals surface area contributed by atoms with Crippen LogP contribution in [0.1, 0.15) is 170 Å². The van der Waals surface area contributed by atoms with E-state index in [0.29, 0.717) is 82.9 Å². The molecular weight excluding hydrogens is 671 g/mol. The van der Waals surface area contributed by atoms with Gasteiger partial charge in [0.1, 0.15) is 0 Å². The first-order valence-corrected chi connectivity index (χ1v) is 23.6. The third-order valence-corrected chi connectivity index (χ3v) is 20.8. The second-order valence-corrected chi connectivity index (χ2v) is 22.9. The molecule has 0 radical (unpaired) electrons. The minimum absolute atomic E-state index is 0.177. The van der Waals surface area contributed by atoms with Crippen molar-refractivity contribution >= 4 is 5.91 Å². The standard InChI is InChI=1S/C48H81NO5/c1-28(34-10-12-36-43-38(17-21-47(34,36)5)45(3)19-15-32(50)24-30(45)26-40(43)52)8-7-23-49-42(54)14-9-29(2)35-11-13-37-44-39(18-22-48(35,37)6)46(4)20-16-33(51)25-31(46)27-41(44)53/h28-41,43-44,50-53H,7-27H2,1-6H3,(H,49,54)/t28-,29-,30?,31?,32-,33-,34-,35-,36?,37?,38+,39+,40+,41+,43+,44+,45+,46+,47-,48-/m1/s1. The van der Waals surface area contributed by atoms with Crippen LogP contribution < -0.4 is 5.32 Å². The van der Waals surface area contributed by atoms with Crippen molar-refractivity contribution in [1.82, 2.24) is 5.32 Å². The quantitative estimate of drug-likeness (QED) is 0.151. The molecule has 8 rings (SSSR count). The van der Waals surface area contributed by atoms with Gasteiger partial charge in [-0.15, -0.1) is 0 Å². The Morgan fingerprint density at radius 3 is 1.48 bits per heavy atom. The molecule has 0 aliphatic heterocycles. The highest BCUT2D eigenvalue weighted by Crippen LogP contribution is 2.70.